The number of carbonyl (C=O) groups excluding carboxylic acids is 3. The third-order valence-electron chi connectivity index (χ3n) is 6.03. The van der Waals surface area contributed by atoms with Crippen molar-refractivity contribution in [3.05, 3.63) is 141 Å². The Morgan fingerprint density at radius 1 is 0.814 bits per heavy atom. The highest BCUT2D eigenvalue weighted by Crippen LogP contribution is 2.17. The first-order valence-electron chi connectivity index (χ1n) is 13.0. The second kappa shape index (κ2) is 14.0. The van der Waals surface area contributed by atoms with Gasteiger partial charge in [-0.15, -0.1) is 0 Å². The summed E-state index contributed by atoms with van der Waals surface area (Å²) in [6.07, 6.45) is 2.95. The number of nitrogens with one attached hydrogen (secondary N) is 2. The third-order valence-corrected chi connectivity index (χ3v) is 6.03. The van der Waals surface area contributed by atoms with Crippen molar-refractivity contribution in [1.29, 1.82) is 0 Å². The van der Waals surface area contributed by atoms with Gasteiger partial charge in [-0.25, -0.2) is 10.2 Å². The Bertz CT molecular complexity index is 1660. The third kappa shape index (κ3) is 8.44. The molecule has 216 valence electrons. The fourth-order valence-corrected chi connectivity index (χ4v) is 3.71. The molecule has 4 aromatic carbocycles. The van der Waals surface area contributed by atoms with Crippen LogP contribution in [0.25, 0.3) is 6.08 Å². The fraction of sp³-hybridized carbons (Fsp3) is 0.0625. The van der Waals surface area contributed by atoms with Gasteiger partial charge in [-0.05, 0) is 77.9 Å². The van der Waals surface area contributed by atoms with Gasteiger partial charge in [0.05, 0.1) is 16.7 Å². The number of nitro groups is 1. The molecule has 0 atom stereocenters. The van der Waals surface area contributed by atoms with E-state index >= 15 is 0 Å². The second-order valence-electron chi connectivity index (χ2n) is 9.33. The molecule has 2 amide bonds. The molecule has 0 fully saturated rings. The van der Waals surface area contributed by atoms with E-state index in [9.17, 15) is 24.5 Å². The molecular formula is C32H27N5O6. The number of nitrogens with zero attached hydrogens (tertiary/aromatic N) is 3. The molecule has 2 N–H and O–H groups in total. The van der Waals surface area contributed by atoms with Crippen molar-refractivity contribution in [2.24, 2.45) is 5.10 Å². The fourth-order valence-electron chi connectivity index (χ4n) is 3.71. The first-order chi connectivity index (χ1) is 20.7. The van der Waals surface area contributed by atoms with Crippen LogP contribution < -0.4 is 20.4 Å². The zero-order chi connectivity index (χ0) is 30.8. The number of anilines is 1. The molecule has 0 aliphatic heterocycles. The van der Waals surface area contributed by atoms with E-state index in [2.05, 4.69) is 15.8 Å². The summed E-state index contributed by atoms with van der Waals surface area (Å²) in [6, 6.07) is 27.4. The van der Waals surface area contributed by atoms with Crippen LogP contribution in [0.15, 0.2) is 114 Å². The Morgan fingerprint density at radius 2 is 1.44 bits per heavy atom. The van der Waals surface area contributed by atoms with Gasteiger partial charge in [0.1, 0.15) is 11.4 Å². The molecule has 0 unspecified atom stereocenters. The van der Waals surface area contributed by atoms with Gasteiger partial charge in [0, 0.05) is 37.5 Å². The van der Waals surface area contributed by atoms with Gasteiger partial charge in [-0.1, -0.05) is 30.3 Å². The molecular weight excluding hydrogens is 550 g/mol. The molecule has 0 saturated heterocycles. The zero-order valence-corrected chi connectivity index (χ0v) is 23.3. The predicted molar refractivity (Wildman–Crippen MR) is 163 cm³/mol. The van der Waals surface area contributed by atoms with Crippen LogP contribution >= 0.6 is 0 Å². The van der Waals surface area contributed by atoms with E-state index in [1.54, 1.807) is 48.5 Å². The summed E-state index contributed by atoms with van der Waals surface area (Å²) in [6.45, 7) is 0. The molecule has 0 spiro atoms. The van der Waals surface area contributed by atoms with Crippen LogP contribution in [0.3, 0.4) is 0 Å². The van der Waals surface area contributed by atoms with Gasteiger partial charge in [-0.3, -0.25) is 19.7 Å². The summed E-state index contributed by atoms with van der Waals surface area (Å²) in [4.78, 5) is 50.3. The summed E-state index contributed by atoms with van der Waals surface area (Å²) >= 11 is 0. The standard InChI is InChI=1S/C32H27N5O6/c1-36(2)26-14-8-22(9-15-26)20-29(34-30(38)24-6-4-3-5-7-24)31(39)35-33-21-23-10-18-28(19-11-23)43-32(40)25-12-16-27(17-13-25)37(41)42/h3-21H,1-2H3,(H,34,38)(H,35,39)/b29-20-,33-21+. The minimum atomic E-state index is -0.670. The summed E-state index contributed by atoms with van der Waals surface area (Å²) in [5.41, 5.74) is 5.12. The Hall–Kier alpha value is -6.10. The van der Waals surface area contributed by atoms with Crippen LogP contribution in [0.1, 0.15) is 31.8 Å². The van der Waals surface area contributed by atoms with Gasteiger partial charge >= 0.3 is 5.97 Å². The second-order valence-corrected chi connectivity index (χ2v) is 9.33. The lowest BCUT2D eigenvalue weighted by Crippen LogP contribution is -2.32. The Kier molecular flexibility index (Phi) is 9.72. The van der Waals surface area contributed by atoms with Crippen LogP contribution in [0.4, 0.5) is 11.4 Å². The maximum atomic E-state index is 13.0. The maximum Gasteiger partial charge on any atom is 0.343 e. The number of amides is 2. The van der Waals surface area contributed by atoms with Gasteiger partial charge < -0.3 is 15.0 Å². The predicted octanol–water partition coefficient (Wildman–Crippen LogP) is 4.80. The average molecular weight is 578 g/mol. The Labute approximate surface area is 247 Å². The van der Waals surface area contributed by atoms with E-state index in [4.69, 9.17) is 4.74 Å². The average Bonchev–Trinajstić information content (AvgIpc) is 3.02. The molecule has 0 aliphatic carbocycles. The highest BCUT2D eigenvalue weighted by Gasteiger charge is 2.15. The molecule has 4 aromatic rings. The number of carbonyl (C=O) groups is 3. The number of nitro benzene ring substituents is 1. The van der Waals surface area contributed by atoms with E-state index in [-0.39, 0.29) is 22.7 Å². The molecule has 0 bridgehead atoms. The van der Waals surface area contributed by atoms with Crippen molar-refractivity contribution in [3.63, 3.8) is 0 Å². The smallest absolute Gasteiger partial charge is 0.343 e. The summed E-state index contributed by atoms with van der Waals surface area (Å²) in [5.74, 6) is -1.50. The van der Waals surface area contributed by atoms with E-state index in [1.165, 1.54) is 42.6 Å². The number of ether oxygens (including phenoxy) is 1. The number of non-ortho nitro benzene ring substituents is 1. The molecule has 0 heterocycles. The molecule has 0 aliphatic rings. The number of hydrogen-bond acceptors (Lipinski definition) is 8. The minimum absolute atomic E-state index is 0.00268. The number of benzene rings is 4. The van der Waals surface area contributed by atoms with Gasteiger partial charge in [0.25, 0.3) is 17.5 Å². The lowest BCUT2D eigenvalue weighted by Gasteiger charge is -2.12. The number of esters is 1. The number of rotatable bonds is 10. The van der Waals surface area contributed by atoms with Gasteiger partial charge in [0.2, 0.25) is 0 Å². The summed E-state index contributed by atoms with van der Waals surface area (Å²) < 4.78 is 5.31. The lowest BCUT2D eigenvalue weighted by atomic mass is 10.1. The Morgan fingerprint density at radius 3 is 2.05 bits per heavy atom. The van der Waals surface area contributed by atoms with Crippen molar-refractivity contribution in [1.82, 2.24) is 10.7 Å². The van der Waals surface area contributed by atoms with Crippen LogP contribution in [-0.2, 0) is 4.79 Å². The molecule has 43 heavy (non-hydrogen) atoms. The summed E-state index contributed by atoms with van der Waals surface area (Å²) in [5, 5.41) is 17.4. The van der Waals surface area contributed by atoms with Crippen LogP contribution in [-0.4, -0.2) is 43.0 Å². The molecule has 0 radical (unpaired) electrons. The van der Waals surface area contributed by atoms with Crippen LogP contribution in [0, 0.1) is 10.1 Å². The van der Waals surface area contributed by atoms with Gasteiger partial charge in [0.15, 0.2) is 0 Å². The zero-order valence-electron chi connectivity index (χ0n) is 23.3. The van der Waals surface area contributed by atoms with Crippen molar-refractivity contribution in [2.75, 3.05) is 19.0 Å². The molecule has 11 nitrogen and oxygen atoms in total. The SMILES string of the molecule is CN(C)c1ccc(/C=C(\NC(=O)c2ccccc2)C(=O)N/N=C/c2ccc(OC(=O)c3ccc([N+](=O)[O-])cc3)cc2)cc1. The monoisotopic (exact) mass is 577 g/mol. The van der Waals surface area contributed by atoms with Gasteiger partial charge in [-0.2, -0.15) is 5.10 Å². The molecule has 4 rings (SSSR count). The van der Waals surface area contributed by atoms with E-state index in [0.29, 0.717) is 16.7 Å². The highest BCUT2D eigenvalue weighted by atomic mass is 16.6. The van der Waals surface area contributed by atoms with Crippen LogP contribution in [0.5, 0.6) is 5.75 Å². The van der Waals surface area contributed by atoms with Crippen molar-refractivity contribution in [3.8, 4) is 5.75 Å². The van der Waals surface area contributed by atoms with E-state index in [0.717, 1.165) is 5.69 Å². The molecule has 11 heteroatoms. The van der Waals surface area contributed by atoms with E-state index in [1.807, 2.05) is 43.3 Å². The number of hydrogen-bond donors (Lipinski definition) is 2. The minimum Gasteiger partial charge on any atom is -0.423 e. The Balaban J connectivity index is 1.42. The lowest BCUT2D eigenvalue weighted by molar-refractivity contribution is -0.384. The topological polar surface area (TPSA) is 143 Å². The quantitative estimate of drug-likeness (QED) is 0.0688. The largest absolute Gasteiger partial charge is 0.423 e. The van der Waals surface area contributed by atoms with Crippen molar-refractivity contribution < 1.29 is 24.0 Å². The van der Waals surface area contributed by atoms with Crippen LogP contribution in [0.2, 0.25) is 0 Å². The van der Waals surface area contributed by atoms with Crippen molar-refractivity contribution in [2.45, 2.75) is 0 Å². The van der Waals surface area contributed by atoms with Crippen molar-refractivity contribution >= 4 is 41.4 Å². The normalized spacial score (nSPS) is 11.1. The summed E-state index contributed by atoms with van der Waals surface area (Å²) in [7, 11) is 3.84. The molecule has 0 aromatic heterocycles. The maximum absolute atomic E-state index is 13.0. The molecule has 0 saturated carbocycles. The first-order valence-corrected chi connectivity index (χ1v) is 13.0. The number of hydrazone groups is 1. The first kappa shape index (κ1) is 29.9. The highest BCUT2D eigenvalue weighted by molar-refractivity contribution is 6.05. The van der Waals surface area contributed by atoms with E-state index < -0.39 is 22.7 Å².